The van der Waals surface area contributed by atoms with Crippen molar-refractivity contribution in [1.82, 2.24) is 4.98 Å². The highest BCUT2D eigenvalue weighted by molar-refractivity contribution is 8.06. The first-order valence-electron chi connectivity index (χ1n) is 5.38. The Bertz CT molecular complexity index is 395. The number of nitrogens with zero attached hydrogens (tertiary/aromatic N) is 1. The van der Waals surface area contributed by atoms with Crippen LogP contribution < -0.4 is 5.32 Å². The first kappa shape index (κ1) is 12.6. The standard InChI is InChI=1S/C11H14N2O2S2/c14-11(15)10-5-8(1-2-12-10)13-6-9-7-16-3-4-17-9/h1-2,5,9H,3-4,6-7H2,(H,12,13)(H,14,15). The third kappa shape index (κ3) is 3.81. The minimum Gasteiger partial charge on any atom is -0.477 e. The quantitative estimate of drug-likeness (QED) is 0.873. The van der Waals surface area contributed by atoms with Gasteiger partial charge < -0.3 is 10.4 Å². The minimum atomic E-state index is -0.990. The predicted molar refractivity (Wildman–Crippen MR) is 73.3 cm³/mol. The molecule has 17 heavy (non-hydrogen) atoms. The van der Waals surface area contributed by atoms with Gasteiger partial charge in [0.25, 0.3) is 0 Å². The van der Waals surface area contributed by atoms with Crippen molar-refractivity contribution in [2.24, 2.45) is 0 Å². The average molecular weight is 270 g/mol. The number of carboxylic acid groups (broad SMARTS) is 1. The van der Waals surface area contributed by atoms with E-state index >= 15 is 0 Å². The van der Waals surface area contributed by atoms with Crippen LogP contribution in [-0.2, 0) is 0 Å². The van der Waals surface area contributed by atoms with E-state index in [1.165, 1.54) is 17.7 Å². The van der Waals surface area contributed by atoms with Crippen molar-refractivity contribution >= 4 is 35.2 Å². The summed E-state index contributed by atoms with van der Waals surface area (Å²) < 4.78 is 0. The van der Waals surface area contributed by atoms with Crippen molar-refractivity contribution in [1.29, 1.82) is 0 Å². The summed E-state index contributed by atoms with van der Waals surface area (Å²) in [7, 11) is 0. The number of aromatic carboxylic acids is 1. The molecule has 1 fully saturated rings. The Morgan fingerprint density at radius 1 is 1.59 bits per heavy atom. The van der Waals surface area contributed by atoms with Gasteiger partial charge in [0.05, 0.1) is 0 Å². The molecular formula is C11H14N2O2S2. The number of pyridine rings is 1. The van der Waals surface area contributed by atoms with Gasteiger partial charge in [-0.3, -0.25) is 0 Å². The van der Waals surface area contributed by atoms with Gasteiger partial charge in [0.1, 0.15) is 5.69 Å². The molecule has 1 aliphatic rings. The largest absolute Gasteiger partial charge is 0.477 e. The molecule has 1 atom stereocenters. The molecule has 2 heterocycles. The third-order valence-electron chi connectivity index (χ3n) is 2.40. The molecule has 2 N–H and O–H groups in total. The molecule has 2 rings (SSSR count). The molecule has 0 spiro atoms. The summed E-state index contributed by atoms with van der Waals surface area (Å²) in [4.78, 5) is 14.5. The highest BCUT2D eigenvalue weighted by Gasteiger charge is 2.14. The SMILES string of the molecule is O=C(O)c1cc(NCC2CSCCS2)ccn1. The van der Waals surface area contributed by atoms with Gasteiger partial charge in [-0.1, -0.05) is 0 Å². The molecule has 1 unspecified atom stereocenters. The highest BCUT2D eigenvalue weighted by atomic mass is 32.2. The normalized spacial score (nSPS) is 19.9. The zero-order valence-corrected chi connectivity index (χ0v) is 10.9. The molecule has 0 amide bonds. The summed E-state index contributed by atoms with van der Waals surface area (Å²) in [6.07, 6.45) is 1.52. The van der Waals surface area contributed by atoms with Gasteiger partial charge >= 0.3 is 5.97 Å². The zero-order chi connectivity index (χ0) is 12.1. The molecular weight excluding hydrogens is 256 g/mol. The van der Waals surface area contributed by atoms with Gasteiger partial charge in [-0.15, -0.1) is 0 Å². The van der Waals surface area contributed by atoms with Gasteiger partial charge in [0.15, 0.2) is 0 Å². The summed E-state index contributed by atoms with van der Waals surface area (Å²) in [5.41, 5.74) is 0.911. The molecule has 6 heteroatoms. The maximum atomic E-state index is 10.8. The van der Waals surface area contributed by atoms with Crippen LogP contribution in [0.5, 0.6) is 0 Å². The fraction of sp³-hybridized carbons (Fsp3) is 0.455. The topological polar surface area (TPSA) is 62.2 Å². The molecule has 1 aromatic rings. The summed E-state index contributed by atoms with van der Waals surface area (Å²) in [5.74, 6) is 2.61. The Balaban J connectivity index is 1.89. The molecule has 1 aliphatic heterocycles. The molecule has 4 nitrogen and oxygen atoms in total. The second-order valence-corrected chi connectivity index (χ2v) is 6.24. The number of rotatable bonds is 4. The summed E-state index contributed by atoms with van der Waals surface area (Å²) in [6, 6.07) is 3.37. The van der Waals surface area contributed by atoms with E-state index in [4.69, 9.17) is 5.11 Å². The average Bonchev–Trinajstić information content (AvgIpc) is 2.38. The summed E-state index contributed by atoms with van der Waals surface area (Å²) in [5, 5.41) is 12.7. The monoisotopic (exact) mass is 270 g/mol. The van der Waals surface area contributed by atoms with Crippen molar-refractivity contribution in [3.05, 3.63) is 24.0 Å². The number of carboxylic acids is 1. The lowest BCUT2D eigenvalue weighted by Gasteiger charge is -2.21. The van der Waals surface area contributed by atoms with E-state index in [0.717, 1.165) is 18.0 Å². The van der Waals surface area contributed by atoms with Crippen LogP contribution in [0.2, 0.25) is 0 Å². The van der Waals surface area contributed by atoms with Crippen LogP contribution in [0.15, 0.2) is 18.3 Å². The van der Waals surface area contributed by atoms with Crippen molar-refractivity contribution in [3.8, 4) is 0 Å². The number of nitrogens with one attached hydrogen (secondary N) is 1. The van der Waals surface area contributed by atoms with Gasteiger partial charge in [-0.2, -0.15) is 23.5 Å². The van der Waals surface area contributed by atoms with E-state index in [2.05, 4.69) is 10.3 Å². The van der Waals surface area contributed by atoms with Crippen molar-refractivity contribution in [2.75, 3.05) is 29.1 Å². The van der Waals surface area contributed by atoms with E-state index < -0.39 is 5.97 Å². The van der Waals surface area contributed by atoms with Crippen LogP contribution >= 0.6 is 23.5 Å². The molecule has 1 saturated heterocycles. The van der Waals surface area contributed by atoms with Gasteiger partial charge in [0, 0.05) is 40.9 Å². The molecule has 0 radical (unpaired) electrons. The van der Waals surface area contributed by atoms with Crippen molar-refractivity contribution in [3.63, 3.8) is 0 Å². The van der Waals surface area contributed by atoms with Crippen LogP contribution in [0, 0.1) is 0 Å². The smallest absolute Gasteiger partial charge is 0.354 e. The number of aromatic nitrogens is 1. The third-order valence-corrected chi connectivity index (χ3v) is 5.24. The first-order chi connectivity index (χ1) is 8.25. The number of hydrogen-bond acceptors (Lipinski definition) is 5. The molecule has 0 saturated carbocycles. The van der Waals surface area contributed by atoms with E-state index in [0.29, 0.717) is 5.25 Å². The van der Waals surface area contributed by atoms with Crippen molar-refractivity contribution in [2.45, 2.75) is 5.25 Å². The summed E-state index contributed by atoms with van der Waals surface area (Å²) >= 11 is 3.96. The Labute approximate surface area is 109 Å². The van der Waals surface area contributed by atoms with E-state index in [-0.39, 0.29) is 5.69 Å². The Hall–Kier alpha value is -0.880. The van der Waals surface area contributed by atoms with Crippen LogP contribution in [0.3, 0.4) is 0 Å². The molecule has 0 bridgehead atoms. The Morgan fingerprint density at radius 2 is 2.47 bits per heavy atom. The fourth-order valence-corrected chi connectivity index (χ4v) is 4.16. The Morgan fingerprint density at radius 3 is 3.18 bits per heavy atom. The maximum Gasteiger partial charge on any atom is 0.354 e. The summed E-state index contributed by atoms with van der Waals surface area (Å²) in [6.45, 7) is 0.876. The van der Waals surface area contributed by atoms with Crippen LogP contribution in [0.25, 0.3) is 0 Å². The predicted octanol–water partition coefficient (Wildman–Crippen LogP) is 2.04. The molecule has 92 valence electrons. The second-order valence-electron chi connectivity index (χ2n) is 3.68. The maximum absolute atomic E-state index is 10.8. The number of anilines is 1. The minimum absolute atomic E-state index is 0.0840. The molecule has 1 aromatic heterocycles. The van der Waals surface area contributed by atoms with E-state index in [1.54, 1.807) is 12.1 Å². The molecule has 0 aromatic carbocycles. The van der Waals surface area contributed by atoms with Gasteiger partial charge in [-0.25, -0.2) is 9.78 Å². The lowest BCUT2D eigenvalue weighted by molar-refractivity contribution is 0.0690. The number of hydrogen-bond donors (Lipinski definition) is 2. The van der Waals surface area contributed by atoms with Crippen molar-refractivity contribution < 1.29 is 9.90 Å². The molecule has 0 aliphatic carbocycles. The van der Waals surface area contributed by atoms with E-state index in [1.807, 2.05) is 23.5 Å². The fourth-order valence-electron chi connectivity index (χ4n) is 1.54. The van der Waals surface area contributed by atoms with Crippen LogP contribution in [-0.4, -0.2) is 45.1 Å². The van der Waals surface area contributed by atoms with Crippen LogP contribution in [0.1, 0.15) is 10.5 Å². The van der Waals surface area contributed by atoms with Gasteiger partial charge in [0.2, 0.25) is 0 Å². The first-order valence-corrected chi connectivity index (χ1v) is 7.58. The second kappa shape index (κ2) is 6.16. The zero-order valence-electron chi connectivity index (χ0n) is 9.26. The Kier molecular flexibility index (Phi) is 4.56. The lowest BCUT2D eigenvalue weighted by atomic mass is 10.3. The van der Waals surface area contributed by atoms with Crippen LogP contribution in [0.4, 0.5) is 5.69 Å². The number of thioether (sulfide) groups is 2. The highest BCUT2D eigenvalue weighted by Crippen LogP contribution is 2.24. The lowest BCUT2D eigenvalue weighted by Crippen LogP contribution is -2.23. The number of carbonyl (C=O) groups is 1. The van der Waals surface area contributed by atoms with E-state index in [9.17, 15) is 4.79 Å². The van der Waals surface area contributed by atoms with Gasteiger partial charge in [-0.05, 0) is 12.1 Å².